The number of anilines is 1. The van der Waals surface area contributed by atoms with Crippen molar-refractivity contribution in [2.45, 2.75) is 56.8 Å². The number of aromatic nitrogens is 2. The number of H-pyrrole nitrogens is 1. The van der Waals surface area contributed by atoms with Crippen molar-refractivity contribution in [3.8, 4) is 0 Å². The summed E-state index contributed by atoms with van der Waals surface area (Å²) in [4.78, 5) is 28.6. The Morgan fingerprint density at radius 3 is 2.54 bits per heavy atom. The maximum absolute atomic E-state index is 13.0. The van der Waals surface area contributed by atoms with Crippen LogP contribution in [-0.4, -0.2) is 95.9 Å². The Balaban J connectivity index is 1.19. The fraction of sp³-hybridized carbons (Fsp3) is 0.762. The lowest BCUT2D eigenvalue weighted by atomic mass is 10.0. The zero-order chi connectivity index (χ0) is 25.2. The minimum Gasteiger partial charge on any atom is -0.378 e. The number of aromatic amines is 1. The van der Waals surface area contributed by atoms with Crippen molar-refractivity contribution >= 4 is 27.5 Å². The Morgan fingerprint density at radius 1 is 1.20 bits per heavy atom. The van der Waals surface area contributed by atoms with Gasteiger partial charge in [0.1, 0.15) is 16.9 Å². The lowest BCUT2D eigenvalue weighted by Crippen LogP contribution is -2.64. The van der Waals surface area contributed by atoms with Crippen molar-refractivity contribution in [3.63, 3.8) is 0 Å². The molecule has 196 valence electrons. The average molecular weight is 566 g/mol. The minimum atomic E-state index is -4.20. The van der Waals surface area contributed by atoms with Gasteiger partial charge in [0, 0.05) is 51.2 Å². The normalized spacial score (nSPS) is 27.9. The molecule has 3 fully saturated rings. The Labute approximate surface area is 209 Å². The molecule has 4 rings (SSSR count). The number of nitrogens with zero attached hydrogens (tertiary/aromatic N) is 3. The number of hydrogen-bond acceptors (Lipinski definition) is 8. The number of hydrogen-bond donors (Lipinski definition) is 4. The fourth-order valence-electron chi connectivity index (χ4n) is 4.84. The summed E-state index contributed by atoms with van der Waals surface area (Å²) < 4.78 is 44.9. The third-order valence-electron chi connectivity index (χ3n) is 6.82. The highest BCUT2D eigenvalue weighted by molar-refractivity contribution is 9.10. The molecule has 4 heterocycles. The van der Waals surface area contributed by atoms with Crippen molar-refractivity contribution in [1.29, 1.82) is 0 Å². The van der Waals surface area contributed by atoms with Gasteiger partial charge in [0.15, 0.2) is 0 Å². The summed E-state index contributed by atoms with van der Waals surface area (Å²) in [6, 6.07) is -0.0417. The Kier molecular flexibility index (Phi) is 8.36. The second-order valence-electron chi connectivity index (χ2n) is 9.34. The minimum absolute atomic E-state index is 0.0170. The van der Waals surface area contributed by atoms with Gasteiger partial charge in [-0.3, -0.25) is 25.1 Å². The van der Waals surface area contributed by atoms with Crippen LogP contribution < -0.4 is 21.5 Å². The van der Waals surface area contributed by atoms with E-state index in [2.05, 4.69) is 47.0 Å². The zero-order valence-corrected chi connectivity index (χ0v) is 21.0. The Bertz CT molecular complexity index is 933. The van der Waals surface area contributed by atoms with Crippen LogP contribution in [0.2, 0.25) is 0 Å². The van der Waals surface area contributed by atoms with Crippen molar-refractivity contribution in [1.82, 2.24) is 30.6 Å². The third kappa shape index (κ3) is 6.34. The molecule has 3 aliphatic rings. The van der Waals surface area contributed by atoms with E-state index in [1.807, 2.05) is 11.8 Å². The van der Waals surface area contributed by atoms with Gasteiger partial charge in [-0.1, -0.05) is 0 Å². The first-order valence-corrected chi connectivity index (χ1v) is 12.6. The number of halogens is 4. The molecule has 0 aliphatic carbocycles. The van der Waals surface area contributed by atoms with E-state index in [0.29, 0.717) is 42.8 Å². The van der Waals surface area contributed by atoms with Gasteiger partial charge in [-0.05, 0) is 35.7 Å². The van der Waals surface area contributed by atoms with Gasteiger partial charge in [-0.2, -0.15) is 18.3 Å². The second kappa shape index (κ2) is 11.1. The summed E-state index contributed by atoms with van der Waals surface area (Å²) in [6.07, 6.45) is -1.32. The van der Waals surface area contributed by atoms with Crippen LogP contribution in [0.3, 0.4) is 0 Å². The van der Waals surface area contributed by atoms with Crippen LogP contribution in [0.15, 0.2) is 15.5 Å². The molecule has 0 unspecified atom stereocenters. The van der Waals surface area contributed by atoms with Crippen molar-refractivity contribution in [3.05, 3.63) is 21.0 Å². The van der Waals surface area contributed by atoms with Crippen molar-refractivity contribution in [2.75, 3.05) is 44.6 Å². The smallest absolute Gasteiger partial charge is 0.378 e. The number of amides is 1. The number of piperidine rings is 1. The molecule has 4 N–H and O–H groups in total. The van der Waals surface area contributed by atoms with Gasteiger partial charge in [0.05, 0.1) is 24.4 Å². The first-order chi connectivity index (χ1) is 16.6. The van der Waals surface area contributed by atoms with Gasteiger partial charge < -0.3 is 15.0 Å². The average Bonchev–Trinajstić information content (AvgIpc) is 3.20. The molecule has 1 amide bonds. The lowest BCUT2D eigenvalue weighted by molar-refractivity contribution is -0.179. The van der Waals surface area contributed by atoms with Gasteiger partial charge in [0.2, 0.25) is 0 Å². The monoisotopic (exact) mass is 565 g/mol. The number of alkyl halides is 3. The number of likely N-dealkylation sites (tertiary alicyclic amines) is 2. The van der Waals surface area contributed by atoms with Crippen molar-refractivity contribution in [2.24, 2.45) is 5.92 Å². The molecule has 0 bridgehead atoms. The van der Waals surface area contributed by atoms with Crippen LogP contribution in [0, 0.1) is 5.92 Å². The summed E-state index contributed by atoms with van der Waals surface area (Å²) in [5.41, 5.74) is 0.211. The van der Waals surface area contributed by atoms with Gasteiger partial charge in [-0.15, -0.1) is 0 Å². The third-order valence-corrected chi connectivity index (χ3v) is 7.61. The van der Waals surface area contributed by atoms with Crippen LogP contribution in [0.5, 0.6) is 0 Å². The summed E-state index contributed by atoms with van der Waals surface area (Å²) in [5, 5.41) is 15.2. The van der Waals surface area contributed by atoms with E-state index in [0.717, 1.165) is 12.8 Å². The van der Waals surface area contributed by atoms with Crippen LogP contribution >= 0.6 is 15.9 Å². The standard InChI is InChI=1S/C21H31BrF3N7O3/c1-12(29-15-10-28-30-18(33)17(15)22)11-35-16-4-7-32(19(16)34)14-2-5-31(6-3-14)20-26-8-13(9-27-20)21(23,24)25/h10,12-14,16,20,26-27H,2-9,11H2,1H3,(H2,29,30,33)/t12-,13?,16-,20?/m0/s1. The first-order valence-electron chi connectivity index (χ1n) is 11.8. The number of rotatable bonds is 7. The molecule has 35 heavy (non-hydrogen) atoms. The van der Waals surface area contributed by atoms with Gasteiger partial charge in [0.25, 0.3) is 11.5 Å². The predicted molar refractivity (Wildman–Crippen MR) is 126 cm³/mol. The van der Waals surface area contributed by atoms with E-state index in [4.69, 9.17) is 4.74 Å². The molecule has 0 spiro atoms. The zero-order valence-electron chi connectivity index (χ0n) is 19.4. The first kappa shape index (κ1) is 26.3. The van der Waals surface area contributed by atoms with E-state index in [1.54, 1.807) is 0 Å². The highest BCUT2D eigenvalue weighted by Crippen LogP contribution is 2.28. The summed E-state index contributed by atoms with van der Waals surface area (Å²) in [7, 11) is 0. The van der Waals surface area contributed by atoms with Crippen LogP contribution in [-0.2, 0) is 9.53 Å². The van der Waals surface area contributed by atoms with Gasteiger partial charge in [-0.25, -0.2) is 5.10 Å². The summed E-state index contributed by atoms with van der Waals surface area (Å²) in [6.45, 7) is 4.03. The molecule has 10 nitrogen and oxygen atoms in total. The highest BCUT2D eigenvalue weighted by atomic mass is 79.9. The molecule has 0 radical (unpaired) electrons. The molecular weight excluding hydrogens is 535 g/mol. The molecule has 14 heteroatoms. The van der Waals surface area contributed by atoms with E-state index >= 15 is 0 Å². The quantitative estimate of drug-likeness (QED) is 0.388. The number of carbonyl (C=O) groups is 1. The maximum Gasteiger partial charge on any atom is 0.394 e. The molecule has 2 atom stereocenters. The topological polar surface area (TPSA) is 115 Å². The number of ether oxygens (including phenoxy) is 1. The van der Waals surface area contributed by atoms with Crippen LogP contribution in [0.1, 0.15) is 26.2 Å². The summed E-state index contributed by atoms with van der Waals surface area (Å²) in [5.74, 6) is -1.39. The fourth-order valence-corrected chi connectivity index (χ4v) is 5.15. The van der Waals surface area contributed by atoms with Crippen LogP contribution in [0.4, 0.5) is 18.9 Å². The van der Waals surface area contributed by atoms with E-state index in [-0.39, 0.29) is 42.9 Å². The van der Waals surface area contributed by atoms with Gasteiger partial charge >= 0.3 is 6.18 Å². The molecule has 1 aromatic heterocycles. The second-order valence-corrected chi connectivity index (χ2v) is 10.1. The number of nitrogens with one attached hydrogen (secondary N) is 4. The lowest BCUT2D eigenvalue weighted by Gasteiger charge is -2.43. The molecule has 3 saturated heterocycles. The molecule has 3 aliphatic heterocycles. The number of carbonyl (C=O) groups excluding carboxylic acids is 1. The van der Waals surface area contributed by atoms with Crippen molar-refractivity contribution < 1.29 is 22.7 Å². The molecule has 1 aromatic rings. The summed E-state index contributed by atoms with van der Waals surface area (Å²) >= 11 is 3.22. The van der Waals surface area contributed by atoms with E-state index < -0.39 is 18.2 Å². The molecular formula is C21H31BrF3N7O3. The predicted octanol–water partition coefficient (Wildman–Crippen LogP) is 1.07. The SMILES string of the molecule is C[C@@H](CO[C@H]1CCN(C2CCN(C3NCC(C(F)(F)F)CN3)CC2)C1=O)Nc1cn[nH]c(=O)c1Br. The van der Waals surface area contributed by atoms with Crippen LogP contribution in [0.25, 0.3) is 0 Å². The largest absolute Gasteiger partial charge is 0.394 e. The Hall–Kier alpha value is -1.74. The molecule has 0 saturated carbocycles. The van der Waals surface area contributed by atoms with E-state index in [1.165, 1.54) is 6.20 Å². The highest BCUT2D eigenvalue weighted by Gasteiger charge is 2.43. The maximum atomic E-state index is 13.0. The van der Waals surface area contributed by atoms with E-state index in [9.17, 15) is 22.8 Å². The molecule has 0 aromatic carbocycles. The Morgan fingerprint density at radius 2 is 1.89 bits per heavy atom.